The predicted molar refractivity (Wildman–Crippen MR) is 99.0 cm³/mol. The molecule has 1 aliphatic heterocycles. The maximum Gasteiger partial charge on any atom is 0.208 e. The number of nitrogens with zero attached hydrogens (tertiary/aromatic N) is 6. The van der Waals surface area contributed by atoms with E-state index < -0.39 is 0 Å². The Kier molecular flexibility index (Phi) is 5.50. The quantitative estimate of drug-likeness (QED) is 0.803. The molecule has 0 unspecified atom stereocenters. The topological polar surface area (TPSA) is 50.1 Å². The highest BCUT2D eigenvalue weighted by molar-refractivity contribution is 7.15. The van der Waals surface area contributed by atoms with Crippen LogP contribution in [0, 0.1) is 0 Å². The molecule has 0 amide bonds. The first kappa shape index (κ1) is 17.4. The second-order valence-corrected chi connectivity index (χ2v) is 8.11. The molecule has 1 saturated heterocycles. The molecule has 1 fully saturated rings. The number of hydrogen-bond donors (Lipinski definition) is 0. The van der Waals surface area contributed by atoms with Gasteiger partial charge in [-0.2, -0.15) is 0 Å². The third-order valence-corrected chi connectivity index (χ3v) is 5.87. The summed E-state index contributed by atoms with van der Waals surface area (Å²) in [6.07, 6.45) is 6.33. The zero-order valence-electron chi connectivity index (χ0n) is 15.1. The lowest BCUT2D eigenvalue weighted by molar-refractivity contribution is 0.372. The number of rotatable bonds is 6. The van der Waals surface area contributed by atoms with Crippen molar-refractivity contribution in [3.63, 3.8) is 0 Å². The van der Waals surface area contributed by atoms with Crippen molar-refractivity contribution in [1.82, 2.24) is 24.6 Å². The molecular formula is C17H28N6S. The van der Waals surface area contributed by atoms with Crippen molar-refractivity contribution < 1.29 is 0 Å². The van der Waals surface area contributed by atoms with Gasteiger partial charge in [0.15, 0.2) is 0 Å². The second-order valence-electron chi connectivity index (χ2n) is 7.12. The van der Waals surface area contributed by atoms with Gasteiger partial charge in [0.2, 0.25) is 5.13 Å². The highest BCUT2D eigenvalue weighted by Gasteiger charge is 2.25. The maximum atomic E-state index is 4.64. The molecule has 7 heteroatoms. The fourth-order valence-electron chi connectivity index (χ4n) is 3.09. The van der Waals surface area contributed by atoms with E-state index >= 15 is 0 Å². The zero-order valence-corrected chi connectivity index (χ0v) is 16.0. The van der Waals surface area contributed by atoms with Crippen LogP contribution < -0.4 is 4.90 Å². The Morgan fingerprint density at radius 2 is 2.00 bits per heavy atom. The van der Waals surface area contributed by atoms with E-state index in [4.69, 9.17) is 0 Å². The third-order valence-electron chi connectivity index (χ3n) is 4.59. The fraction of sp³-hybridized carbons (Fsp3) is 0.706. The average Bonchev–Trinajstić information content (AvgIpc) is 3.22. The normalized spacial score (nSPS) is 16.5. The first-order valence-electron chi connectivity index (χ1n) is 8.78. The van der Waals surface area contributed by atoms with Crippen molar-refractivity contribution in [2.75, 3.05) is 38.6 Å². The summed E-state index contributed by atoms with van der Waals surface area (Å²) in [6.45, 7) is 8.48. The number of likely N-dealkylation sites (N-methyl/N-ethyl adjacent to an activating group) is 1. The summed E-state index contributed by atoms with van der Waals surface area (Å²) < 4.78 is 2.32. The summed E-state index contributed by atoms with van der Waals surface area (Å²) in [5, 5.41) is 10.9. The molecule has 3 rings (SSSR count). The van der Waals surface area contributed by atoms with Gasteiger partial charge in [-0.1, -0.05) is 25.2 Å². The molecule has 0 N–H and O–H groups in total. The number of anilines is 1. The number of piperidine rings is 1. The lowest BCUT2D eigenvalue weighted by Gasteiger charge is -2.31. The van der Waals surface area contributed by atoms with Gasteiger partial charge in [-0.25, -0.2) is 4.98 Å². The molecule has 0 aliphatic carbocycles. The summed E-state index contributed by atoms with van der Waals surface area (Å²) in [7, 11) is 4.23. The van der Waals surface area contributed by atoms with E-state index in [1.807, 2.05) is 6.20 Å². The molecular weight excluding hydrogens is 320 g/mol. The van der Waals surface area contributed by atoms with Gasteiger partial charge in [0.05, 0.1) is 0 Å². The lowest BCUT2D eigenvalue weighted by atomic mass is 9.96. The van der Waals surface area contributed by atoms with Gasteiger partial charge in [-0.15, -0.1) is 10.2 Å². The molecule has 24 heavy (non-hydrogen) atoms. The van der Waals surface area contributed by atoms with Gasteiger partial charge in [-0.3, -0.25) is 0 Å². The Labute approximate surface area is 148 Å². The highest BCUT2D eigenvalue weighted by Crippen LogP contribution is 2.32. The standard InChI is InChI=1S/C17H28N6S/c1-13(2)16-19-20-17(24-16)23-8-5-14(6-9-23)15-18-7-10-22(15)12-11-21(3)4/h7,10,13-14H,5-6,8-9,11-12H2,1-4H3. The molecule has 0 aromatic carbocycles. The summed E-state index contributed by atoms with van der Waals surface area (Å²) in [6, 6.07) is 0. The van der Waals surface area contributed by atoms with Crippen LogP contribution in [0.2, 0.25) is 0 Å². The van der Waals surface area contributed by atoms with E-state index in [2.05, 4.69) is 63.7 Å². The van der Waals surface area contributed by atoms with E-state index in [-0.39, 0.29) is 0 Å². The van der Waals surface area contributed by atoms with Crippen LogP contribution in [0.4, 0.5) is 5.13 Å². The van der Waals surface area contributed by atoms with Crippen molar-refractivity contribution in [3.05, 3.63) is 23.2 Å². The highest BCUT2D eigenvalue weighted by atomic mass is 32.1. The third kappa shape index (κ3) is 3.95. The van der Waals surface area contributed by atoms with Crippen molar-refractivity contribution in [1.29, 1.82) is 0 Å². The molecule has 0 radical (unpaired) electrons. The molecule has 1 aliphatic rings. The summed E-state index contributed by atoms with van der Waals surface area (Å²) >= 11 is 1.74. The number of hydrogen-bond acceptors (Lipinski definition) is 6. The van der Waals surface area contributed by atoms with Crippen molar-refractivity contribution in [3.8, 4) is 0 Å². The molecule has 3 heterocycles. The van der Waals surface area contributed by atoms with Gasteiger partial charge >= 0.3 is 0 Å². The Morgan fingerprint density at radius 3 is 2.62 bits per heavy atom. The largest absolute Gasteiger partial charge is 0.347 e. The first-order valence-corrected chi connectivity index (χ1v) is 9.60. The van der Waals surface area contributed by atoms with Crippen LogP contribution in [0.3, 0.4) is 0 Å². The maximum absolute atomic E-state index is 4.64. The minimum absolute atomic E-state index is 0.456. The van der Waals surface area contributed by atoms with Crippen LogP contribution in [0.25, 0.3) is 0 Å². The molecule has 2 aromatic rings. The molecule has 0 spiro atoms. The van der Waals surface area contributed by atoms with E-state index in [1.165, 1.54) is 5.82 Å². The van der Waals surface area contributed by atoms with Gasteiger partial charge in [-0.05, 0) is 26.9 Å². The average molecular weight is 349 g/mol. The summed E-state index contributed by atoms with van der Waals surface area (Å²) in [5.41, 5.74) is 0. The van der Waals surface area contributed by atoms with E-state index in [0.717, 1.165) is 49.2 Å². The van der Waals surface area contributed by atoms with Gasteiger partial charge in [0.25, 0.3) is 0 Å². The molecule has 2 aromatic heterocycles. The Balaban J connectivity index is 1.60. The molecule has 0 atom stereocenters. The summed E-state index contributed by atoms with van der Waals surface area (Å²) in [4.78, 5) is 9.24. The SMILES string of the molecule is CC(C)c1nnc(N2CCC(c3nccn3CCN(C)C)CC2)s1. The smallest absolute Gasteiger partial charge is 0.208 e. The summed E-state index contributed by atoms with van der Waals surface area (Å²) in [5.74, 6) is 2.26. The molecule has 0 saturated carbocycles. The van der Waals surface area contributed by atoms with E-state index in [1.54, 1.807) is 11.3 Å². The Hall–Kier alpha value is -1.47. The van der Waals surface area contributed by atoms with Gasteiger partial charge in [0.1, 0.15) is 10.8 Å². The van der Waals surface area contributed by atoms with Crippen LogP contribution >= 0.6 is 11.3 Å². The number of aromatic nitrogens is 4. The van der Waals surface area contributed by atoms with Crippen LogP contribution in [0.5, 0.6) is 0 Å². The van der Waals surface area contributed by atoms with Crippen LogP contribution in [0.15, 0.2) is 12.4 Å². The molecule has 6 nitrogen and oxygen atoms in total. The van der Waals surface area contributed by atoms with Crippen LogP contribution in [-0.2, 0) is 6.54 Å². The Bertz CT molecular complexity index is 639. The van der Waals surface area contributed by atoms with E-state index in [9.17, 15) is 0 Å². The van der Waals surface area contributed by atoms with Gasteiger partial charge < -0.3 is 14.4 Å². The van der Waals surface area contributed by atoms with Crippen molar-refractivity contribution >= 4 is 16.5 Å². The minimum atomic E-state index is 0.456. The lowest BCUT2D eigenvalue weighted by Crippen LogP contribution is -2.33. The second kappa shape index (κ2) is 7.61. The number of imidazole rings is 1. The fourth-order valence-corrected chi connectivity index (χ4v) is 3.99. The predicted octanol–water partition coefficient (Wildman–Crippen LogP) is 2.80. The molecule has 0 bridgehead atoms. The molecule has 132 valence electrons. The van der Waals surface area contributed by atoms with Crippen molar-refractivity contribution in [2.24, 2.45) is 0 Å². The Morgan fingerprint density at radius 1 is 1.25 bits per heavy atom. The zero-order chi connectivity index (χ0) is 17.1. The monoisotopic (exact) mass is 348 g/mol. The first-order chi connectivity index (χ1) is 11.5. The van der Waals surface area contributed by atoms with Crippen molar-refractivity contribution in [2.45, 2.75) is 45.1 Å². The van der Waals surface area contributed by atoms with Crippen LogP contribution in [0.1, 0.15) is 49.4 Å². The van der Waals surface area contributed by atoms with Crippen LogP contribution in [-0.4, -0.2) is 58.4 Å². The van der Waals surface area contributed by atoms with Gasteiger partial charge in [0, 0.05) is 50.4 Å². The van der Waals surface area contributed by atoms with E-state index in [0.29, 0.717) is 11.8 Å². The minimum Gasteiger partial charge on any atom is -0.347 e.